The van der Waals surface area contributed by atoms with Crippen molar-refractivity contribution in [3.63, 3.8) is 0 Å². The van der Waals surface area contributed by atoms with E-state index < -0.39 is 0 Å². The fourth-order valence-corrected chi connectivity index (χ4v) is 3.09. The molecular formula is C14H14N2OS. The molecule has 18 heavy (non-hydrogen) atoms. The summed E-state index contributed by atoms with van der Waals surface area (Å²) >= 11 is 1.72. The van der Waals surface area contributed by atoms with Gasteiger partial charge in [0.05, 0.1) is 21.5 Å². The van der Waals surface area contributed by atoms with Crippen molar-refractivity contribution >= 4 is 21.6 Å². The fourth-order valence-electron chi connectivity index (χ4n) is 2.01. The zero-order valence-corrected chi connectivity index (χ0v) is 10.7. The highest BCUT2D eigenvalue weighted by Gasteiger charge is 2.16. The highest BCUT2D eigenvalue weighted by Crippen LogP contribution is 2.29. The van der Waals surface area contributed by atoms with Crippen molar-refractivity contribution in [2.45, 2.75) is 12.3 Å². The number of aromatic nitrogens is 1. The molecule has 0 saturated carbocycles. The number of thiazole rings is 1. The van der Waals surface area contributed by atoms with Crippen LogP contribution in [-0.4, -0.2) is 11.5 Å². The van der Waals surface area contributed by atoms with Gasteiger partial charge in [-0.1, -0.05) is 12.1 Å². The Bertz CT molecular complexity index is 597. The first-order valence-corrected chi connectivity index (χ1v) is 6.76. The summed E-state index contributed by atoms with van der Waals surface area (Å²) in [5, 5.41) is 1.09. The molecule has 2 N–H and O–H groups in total. The van der Waals surface area contributed by atoms with Crippen LogP contribution in [0.2, 0.25) is 0 Å². The van der Waals surface area contributed by atoms with Gasteiger partial charge in [-0.15, -0.1) is 11.3 Å². The first kappa shape index (κ1) is 11.4. The second-order valence-corrected chi connectivity index (χ2v) is 5.30. The summed E-state index contributed by atoms with van der Waals surface area (Å²) in [7, 11) is 0. The van der Waals surface area contributed by atoms with Gasteiger partial charge in [-0.05, 0) is 24.3 Å². The van der Waals surface area contributed by atoms with Crippen molar-refractivity contribution in [2.24, 2.45) is 5.73 Å². The average Bonchev–Trinajstić information content (AvgIpc) is 3.04. The highest BCUT2D eigenvalue weighted by atomic mass is 32.1. The second-order valence-electron chi connectivity index (χ2n) is 4.24. The summed E-state index contributed by atoms with van der Waals surface area (Å²) in [5.74, 6) is 1.19. The number of benzene rings is 1. The summed E-state index contributed by atoms with van der Waals surface area (Å²) in [6, 6.07) is 12.1. The Kier molecular flexibility index (Phi) is 3.13. The summed E-state index contributed by atoms with van der Waals surface area (Å²) in [6.07, 6.45) is 2.50. The smallest absolute Gasteiger partial charge is 0.104 e. The standard InChI is InChI=1S/C14H14N2OS/c15-9-10(8-11-4-3-7-17-11)14-16-12-5-1-2-6-13(12)18-14/h1-7,10H,8-9,15H2. The van der Waals surface area contributed by atoms with Crippen LogP contribution < -0.4 is 5.73 Å². The highest BCUT2D eigenvalue weighted by molar-refractivity contribution is 7.18. The van der Waals surface area contributed by atoms with Crippen LogP contribution in [0.5, 0.6) is 0 Å². The Hall–Kier alpha value is -1.65. The van der Waals surface area contributed by atoms with Gasteiger partial charge in [0, 0.05) is 18.9 Å². The number of para-hydroxylation sites is 1. The van der Waals surface area contributed by atoms with Crippen LogP contribution in [0.15, 0.2) is 47.1 Å². The summed E-state index contributed by atoms with van der Waals surface area (Å²) in [4.78, 5) is 4.66. The van der Waals surface area contributed by atoms with Gasteiger partial charge in [0.2, 0.25) is 0 Å². The van der Waals surface area contributed by atoms with E-state index in [1.54, 1.807) is 17.6 Å². The van der Waals surface area contributed by atoms with Crippen molar-refractivity contribution < 1.29 is 4.42 Å². The average molecular weight is 258 g/mol. The fraction of sp³-hybridized carbons (Fsp3) is 0.214. The van der Waals surface area contributed by atoms with Crippen LogP contribution in [0.25, 0.3) is 10.2 Å². The van der Waals surface area contributed by atoms with E-state index in [9.17, 15) is 0 Å². The number of furan rings is 1. The van der Waals surface area contributed by atoms with Crippen molar-refractivity contribution in [3.05, 3.63) is 53.4 Å². The number of hydrogen-bond acceptors (Lipinski definition) is 4. The van der Waals surface area contributed by atoms with E-state index in [4.69, 9.17) is 10.2 Å². The van der Waals surface area contributed by atoms with Crippen molar-refractivity contribution in [2.75, 3.05) is 6.54 Å². The molecular weight excluding hydrogens is 244 g/mol. The zero-order chi connectivity index (χ0) is 12.4. The Labute approximate surface area is 109 Å². The summed E-state index contributed by atoms with van der Waals surface area (Å²) in [6.45, 7) is 0.584. The van der Waals surface area contributed by atoms with Gasteiger partial charge < -0.3 is 10.2 Å². The van der Waals surface area contributed by atoms with E-state index >= 15 is 0 Å². The quantitative estimate of drug-likeness (QED) is 0.782. The van der Waals surface area contributed by atoms with Gasteiger partial charge in [0.25, 0.3) is 0 Å². The van der Waals surface area contributed by atoms with Gasteiger partial charge in [-0.25, -0.2) is 4.98 Å². The molecule has 4 heteroatoms. The van der Waals surface area contributed by atoms with Crippen LogP contribution >= 0.6 is 11.3 Å². The SMILES string of the molecule is NCC(Cc1ccco1)c1nc2ccccc2s1. The molecule has 1 unspecified atom stereocenters. The lowest BCUT2D eigenvalue weighted by atomic mass is 10.1. The van der Waals surface area contributed by atoms with Crippen LogP contribution in [0.3, 0.4) is 0 Å². The minimum absolute atomic E-state index is 0.230. The number of nitrogens with zero attached hydrogens (tertiary/aromatic N) is 1. The molecule has 0 fully saturated rings. The van der Waals surface area contributed by atoms with Gasteiger partial charge >= 0.3 is 0 Å². The minimum atomic E-state index is 0.230. The molecule has 1 aromatic carbocycles. The molecule has 3 aromatic rings. The molecule has 0 radical (unpaired) electrons. The number of rotatable bonds is 4. The van der Waals surface area contributed by atoms with Gasteiger partial charge in [0.15, 0.2) is 0 Å². The molecule has 0 saturated heterocycles. The number of fused-ring (bicyclic) bond motifs is 1. The van der Waals surface area contributed by atoms with Crippen LogP contribution in [0.1, 0.15) is 16.7 Å². The molecule has 0 amide bonds. The van der Waals surface area contributed by atoms with Gasteiger partial charge in [-0.2, -0.15) is 0 Å². The Balaban J connectivity index is 1.90. The van der Waals surface area contributed by atoms with Crippen molar-refractivity contribution in [1.29, 1.82) is 0 Å². The Morgan fingerprint density at radius 1 is 1.22 bits per heavy atom. The number of nitrogens with two attached hydrogens (primary N) is 1. The minimum Gasteiger partial charge on any atom is -0.469 e. The molecule has 3 nitrogen and oxygen atoms in total. The third kappa shape index (κ3) is 2.17. The van der Waals surface area contributed by atoms with Crippen molar-refractivity contribution in [3.8, 4) is 0 Å². The Morgan fingerprint density at radius 3 is 2.83 bits per heavy atom. The predicted octanol–water partition coefficient (Wildman–Crippen LogP) is 3.17. The molecule has 0 aliphatic rings. The van der Waals surface area contributed by atoms with Crippen LogP contribution in [-0.2, 0) is 6.42 Å². The summed E-state index contributed by atoms with van der Waals surface area (Å²) < 4.78 is 6.60. The normalized spacial score (nSPS) is 12.9. The van der Waals surface area contributed by atoms with Crippen LogP contribution in [0.4, 0.5) is 0 Å². The maximum atomic E-state index is 5.87. The van der Waals surface area contributed by atoms with E-state index in [2.05, 4.69) is 11.1 Å². The third-order valence-electron chi connectivity index (χ3n) is 2.97. The largest absolute Gasteiger partial charge is 0.469 e. The van der Waals surface area contributed by atoms with E-state index in [0.717, 1.165) is 22.7 Å². The molecule has 0 bridgehead atoms. The second kappa shape index (κ2) is 4.92. The molecule has 2 aromatic heterocycles. The molecule has 0 aliphatic heterocycles. The molecule has 2 heterocycles. The lowest BCUT2D eigenvalue weighted by Gasteiger charge is -2.09. The molecule has 1 atom stereocenters. The summed E-state index contributed by atoms with van der Waals surface area (Å²) in [5.41, 5.74) is 6.92. The molecule has 92 valence electrons. The van der Waals surface area contributed by atoms with Gasteiger partial charge in [0.1, 0.15) is 5.76 Å². The first-order chi connectivity index (χ1) is 8.86. The topological polar surface area (TPSA) is 52.0 Å². The lowest BCUT2D eigenvalue weighted by Crippen LogP contribution is -2.14. The maximum Gasteiger partial charge on any atom is 0.104 e. The molecule has 0 spiro atoms. The molecule has 0 aliphatic carbocycles. The third-order valence-corrected chi connectivity index (χ3v) is 4.17. The zero-order valence-electron chi connectivity index (χ0n) is 9.87. The lowest BCUT2D eigenvalue weighted by molar-refractivity contribution is 0.486. The predicted molar refractivity (Wildman–Crippen MR) is 73.8 cm³/mol. The van der Waals surface area contributed by atoms with E-state index in [1.807, 2.05) is 30.3 Å². The monoisotopic (exact) mass is 258 g/mol. The van der Waals surface area contributed by atoms with Crippen molar-refractivity contribution in [1.82, 2.24) is 4.98 Å². The van der Waals surface area contributed by atoms with Crippen LogP contribution in [0, 0.1) is 0 Å². The van der Waals surface area contributed by atoms with E-state index in [0.29, 0.717) is 6.54 Å². The van der Waals surface area contributed by atoms with E-state index in [1.165, 1.54) is 4.70 Å². The van der Waals surface area contributed by atoms with Gasteiger partial charge in [-0.3, -0.25) is 0 Å². The number of hydrogen-bond donors (Lipinski definition) is 1. The molecule has 3 rings (SSSR count). The maximum absolute atomic E-state index is 5.87. The van der Waals surface area contributed by atoms with E-state index in [-0.39, 0.29) is 5.92 Å². The first-order valence-electron chi connectivity index (χ1n) is 5.94. The Morgan fingerprint density at radius 2 is 2.11 bits per heavy atom.